The Morgan fingerprint density at radius 1 is 1.26 bits per heavy atom. The summed E-state index contributed by atoms with van der Waals surface area (Å²) in [5, 5.41) is 3.94. The highest BCUT2D eigenvalue weighted by Gasteiger charge is 2.05. The number of nitrogens with one attached hydrogen (secondary N) is 2. The summed E-state index contributed by atoms with van der Waals surface area (Å²) in [6, 6.07) is 7.38. The number of nitrogen functional groups attached to an aromatic ring is 1. The summed E-state index contributed by atoms with van der Waals surface area (Å²) in [5.74, 6) is 7.40. The van der Waals surface area contributed by atoms with Gasteiger partial charge in [0, 0.05) is 21.1 Å². The van der Waals surface area contributed by atoms with Gasteiger partial charge in [-0.15, -0.1) is 0 Å². The minimum absolute atomic E-state index is 0.582. The fraction of sp³-hybridized carbons (Fsp3) is 0.167. The van der Waals surface area contributed by atoms with Crippen LogP contribution in [0, 0.1) is 3.57 Å². The molecule has 0 aliphatic carbocycles. The molecule has 7 heteroatoms. The van der Waals surface area contributed by atoms with Crippen molar-refractivity contribution in [2.24, 2.45) is 5.84 Å². The number of benzene rings is 1. The van der Waals surface area contributed by atoms with Crippen LogP contribution in [0.2, 0.25) is 5.02 Å². The molecule has 0 spiro atoms. The van der Waals surface area contributed by atoms with Gasteiger partial charge >= 0.3 is 0 Å². The largest absolute Gasteiger partial charge is 0.339 e. The normalized spacial score (nSPS) is 10.3. The Hall–Kier alpha value is -1.12. The van der Waals surface area contributed by atoms with E-state index in [1.165, 1.54) is 0 Å². The highest BCUT2D eigenvalue weighted by molar-refractivity contribution is 14.1. The van der Waals surface area contributed by atoms with Gasteiger partial charge in [0.2, 0.25) is 0 Å². The van der Waals surface area contributed by atoms with Crippen LogP contribution in [0.5, 0.6) is 0 Å². The number of hydrogen-bond acceptors (Lipinski definition) is 5. The van der Waals surface area contributed by atoms with Gasteiger partial charge in [-0.1, -0.05) is 18.5 Å². The van der Waals surface area contributed by atoms with Crippen LogP contribution in [0.1, 0.15) is 12.7 Å². The molecule has 1 aromatic carbocycles. The molecule has 2 rings (SSSR count). The van der Waals surface area contributed by atoms with E-state index in [9.17, 15) is 0 Å². The number of hydrogen-bond donors (Lipinski definition) is 3. The first kappa shape index (κ1) is 14.3. The summed E-state index contributed by atoms with van der Waals surface area (Å²) in [4.78, 5) is 8.64. The number of halogens is 2. The van der Waals surface area contributed by atoms with Gasteiger partial charge in [0.15, 0.2) is 0 Å². The van der Waals surface area contributed by atoms with E-state index in [4.69, 9.17) is 17.4 Å². The third-order valence-electron chi connectivity index (χ3n) is 2.43. The molecule has 0 amide bonds. The average Bonchev–Trinajstić information content (AvgIpc) is 2.41. The highest BCUT2D eigenvalue weighted by Crippen LogP contribution is 2.25. The molecule has 0 bridgehead atoms. The zero-order valence-electron chi connectivity index (χ0n) is 10.2. The van der Waals surface area contributed by atoms with Crippen molar-refractivity contribution in [1.29, 1.82) is 0 Å². The molecule has 2 aromatic rings. The molecular formula is C12H13ClIN5. The molecular weight excluding hydrogens is 377 g/mol. The monoisotopic (exact) mass is 389 g/mol. The van der Waals surface area contributed by atoms with Crippen molar-refractivity contribution in [2.75, 3.05) is 10.7 Å². The van der Waals surface area contributed by atoms with Crippen LogP contribution in [0.25, 0.3) is 0 Å². The summed E-state index contributed by atoms with van der Waals surface area (Å²) in [6.45, 7) is 1.99. The molecule has 0 atom stereocenters. The smallest absolute Gasteiger partial charge is 0.145 e. The average molecular weight is 390 g/mol. The Balaban J connectivity index is 2.31. The van der Waals surface area contributed by atoms with Crippen molar-refractivity contribution in [3.8, 4) is 0 Å². The van der Waals surface area contributed by atoms with E-state index in [2.05, 4.69) is 43.3 Å². The fourth-order valence-electron chi connectivity index (χ4n) is 1.52. The second-order valence-electron chi connectivity index (χ2n) is 3.80. The van der Waals surface area contributed by atoms with Gasteiger partial charge in [0.25, 0.3) is 0 Å². The van der Waals surface area contributed by atoms with Crippen molar-refractivity contribution >= 4 is 51.5 Å². The number of rotatable bonds is 4. The van der Waals surface area contributed by atoms with Crippen molar-refractivity contribution < 1.29 is 0 Å². The zero-order valence-corrected chi connectivity index (χ0v) is 13.2. The number of hydrazine groups is 1. The Kier molecular flexibility index (Phi) is 4.78. The van der Waals surface area contributed by atoms with Crippen LogP contribution in [0.4, 0.5) is 17.3 Å². The lowest BCUT2D eigenvalue weighted by Gasteiger charge is -2.10. The number of anilines is 3. The molecule has 1 heterocycles. The van der Waals surface area contributed by atoms with E-state index < -0.39 is 0 Å². The maximum atomic E-state index is 5.93. The maximum absolute atomic E-state index is 5.93. The van der Waals surface area contributed by atoms with E-state index in [0.29, 0.717) is 16.7 Å². The molecule has 0 aliphatic heterocycles. The van der Waals surface area contributed by atoms with Gasteiger partial charge < -0.3 is 10.7 Å². The quantitative estimate of drug-likeness (QED) is 0.425. The van der Waals surface area contributed by atoms with Crippen LogP contribution in [-0.4, -0.2) is 9.97 Å². The number of aryl methyl sites for hydroxylation is 1. The minimum Gasteiger partial charge on any atom is -0.339 e. The second-order valence-corrected chi connectivity index (χ2v) is 5.40. The molecule has 100 valence electrons. The number of nitrogens with zero attached hydrogens (tertiary/aromatic N) is 2. The number of aromatic nitrogens is 2. The standard InChI is InChI=1S/C12H13ClIN5/c1-2-10-17-11(6-12(18-10)19-15)16-9-4-3-7(13)5-8(9)14/h3-6H,2,15H2,1H3,(H2,16,17,18,19). The lowest BCUT2D eigenvalue weighted by Crippen LogP contribution is -2.11. The van der Waals surface area contributed by atoms with Crippen LogP contribution in [0.3, 0.4) is 0 Å². The molecule has 0 radical (unpaired) electrons. The van der Waals surface area contributed by atoms with Crippen LogP contribution in [-0.2, 0) is 6.42 Å². The van der Waals surface area contributed by atoms with Crippen LogP contribution in [0.15, 0.2) is 24.3 Å². The molecule has 19 heavy (non-hydrogen) atoms. The fourth-order valence-corrected chi connectivity index (χ4v) is 2.53. The first-order valence-corrected chi connectivity index (χ1v) is 7.14. The summed E-state index contributed by atoms with van der Waals surface area (Å²) in [6.07, 6.45) is 0.738. The Morgan fingerprint density at radius 2 is 2.00 bits per heavy atom. The van der Waals surface area contributed by atoms with Gasteiger partial charge in [-0.05, 0) is 40.8 Å². The van der Waals surface area contributed by atoms with Crippen molar-refractivity contribution in [1.82, 2.24) is 9.97 Å². The lowest BCUT2D eigenvalue weighted by molar-refractivity contribution is 0.941. The Bertz CT molecular complexity index is 568. The third kappa shape index (κ3) is 3.68. The van der Waals surface area contributed by atoms with Crippen molar-refractivity contribution in [2.45, 2.75) is 13.3 Å². The summed E-state index contributed by atoms with van der Waals surface area (Å²) in [7, 11) is 0. The SMILES string of the molecule is CCc1nc(NN)cc(Nc2ccc(Cl)cc2I)n1. The van der Waals surface area contributed by atoms with Gasteiger partial charge in [0.1, 0.15) is 17.5 Å². The molecule has 1 aromatic heterocycles. The van der Waals surface area contributed by atoms with Gasteiger partial charge in [-0.3, -0.25) is 0 Å². The van der Waals surface area contributed by atoms with Gasteiger partial charge in [-0.25, -0.2) is 15.8 Å². The minimum atomic E-state index is 0.582. The maximum Gasteiger partial charge on any atom is 0.145 e. The highest BCUT2D eigenvalue weighted by atomic mass is 127. The summed E-state index contributed by atoms with van der Waals surface area (Å²) >= 11 is 8.15. The topological polar surface area (TPSA) is 75.9 Å². The Morgan fingerprint density at radius 3 is 2.63 bits per heavy atom. The number of nitrogens with two attached hydrogens (primary N) is 1. The molecule has 4 N–H and O–H groups in total. The predicted octanol–water partition coefficient (Wildman–Crippen LogP) is 3.33. The van der Waals surface area contributed by atoms with Crippen molar-refractivity contribution in [3.63, 3.8) is 0 Å². The Labute approximate surface area is 130 Å². The van der Waals surface area contributed by atoms with Gasteiger partial charge in [-0.2, -0.15) is 0 Å². The molecule has 0 fully saturated rings. The van der Waals surface area contributed by atoms with Gasteiger partial charge in [0.05, 0.1) is 5.69 Å². The summed E-state index contributed by atoms with van der Waals surface area (Å²) < 4.78 is 1.02. The first-order chi connectivity index (χ1) is 9.12. The lowest BCUT2D eigenvalue weighted by atomic mass is 10.3. The van der Waals surface area contributed by atoms with E-state index in [1.54, 1.807) is 6.07 Å². The van der Waals surface area contributed by atoms with Crippen LogP contribution >= 0.6 is 34.2 Å². The predicted molar refractivity (Wildman–Crippen MR) is 86.7 cm³/mol. The zero-order chi connectivity index (χ0) is 13.8. The van der Waals surface area contributed by atoms with E-state index in [0.717, 1.165) is 21.5 Å². The first-order valence-electron chi connectivity index (χ1n) is 5.69. The molecule has 0 saturated carbocycles. The van der Waals surface area contributed by atoms with Crippen molar-refractivity contribution in [3.05, 3.63) is 38.7 Å². The molecule has 0 unspecified atom stereocenters. The molecule has 0 saturated heterocycles. The van der Waals surface area contributed by atoms with E-state index >= 15 is 0 Å². The van der Waals surface area contributed by atoms with E-state index in [-0.39, 0.29) is 0 Å². The van der Waals surface area contributed by atoms with Crippen LogP contribution < -0.4 is 16.6 Å². The summed E-state index contributed by atoms with van der Waals surface area (Å²) in [5.41, 5.74) is 3.48. The third-order valence-corrected chi connectivity index (χ3v) is 3.56. The van der Waals surface area contributed by atoms with E-state index in [1.807, 2.05) is 25.1 Å². The molecule has 0 aliphatic rings. The second kappa shape index (κ2) is 6.36. The molecule has 5 nitrogen and oxygen atoms in total.